The Morgan fingerprint density at radius 1 is 1.17 bits per heavy atom. The second-order valence-electron chi connectivity index (χ2n) is 5.37. The van der Waals surface area contributed by atoms with Crippen LogP contribution in [0.15, 0.2) is 18.2 Å². The van der Waals surface area contributed by atoms with Crippen molar-refractivity contribution < 1.29 is 9.47 Å². The Bertz CT molecular complexity index is 482. The van der Waals surface area contributed by atoms with E-state index < -0.39 is 0 Å². The van der Waals surface area contributed by atoms with Crippen molar-refractivity contribution in [1.82, 2.24) is 0 Å². The summed E-state index contributed by atoms with van der Waals surface area (Å²) in [6.07, 6.45) is 10.6. The van der Waals surface area contributed by atoms with E-state index in [-0.39, 0.29) is 5.60 Å². The molecular formula is C16H20O2. The maximum Gasteiger partial charge on any atom is 0.134 e. The van der Waals surface area contributed by atoms with Gasteiger partial charge in [0.25, 0.3) is 0 Å². The van der Waals surface area contributed by atoms with Crippen LogP contribution in [0.4, 0.5) is 0 Å². The van der Waals surface area contributed by atoms with Gasteiger partial charge in [0, 0.05) is 11.1 Å². The lowest BCUT2D eigenvalue weighted by Gasteiger charge is -2.38. The summed E-state index contributed by atoms with van der Waals surface area (Å²) < 4.78 is 11.7. The topological polar surface area (TPSA) is 18.5 Å². The molecule has 0 atom stereocenters. The van der Waals surface area contributed by atoms with Gasteiger partial charge >= 0.3 is 0 Å². The lowest BCUT2D eigenvalue weighted by molar-refractivity contribution is 0.0741. The number of hydrogen-bond acceptors (Lipinski definition) is 2. The van der Waals surface area contributed by atoms with E-state index in [1.165, 1.54) is 24.8 Å². The van der Waals surface area contributed by atoms with Gasteiger partial charge in [-0.2, -0.15) is 0 Å². The molecule has 1 aromatic rings. The number of rotatable bonds is 1. The number of hydrogen-bond donors (Lipinski definition) is 0. The highest BCUT2D eigenvalue weighted by Crippen LogP contribution is 2.43. The number of methoxy groups -OCH3 is 1. The summed E-state index contributed by atoms with van der Waals surface area (Å²) in [5.41, 5.74) is 2.23. The van der Waals surface area contributed by atoms with E-state index in [1.54, 1.807) is 7.11 Å². The smallest absolute Gasteiger partial charge is 0.134 e. The molecule has 2 heteroatoms. The van der Waals surface area contributed by atoms with Gasteiger partial charge < -0.3 is 9.47 Å². The van der Waals surface area contributed by atoms with Crippen LogP contribution < -0.4 is 9.47 Å². The molecular weight excluding hydrogens is 224 g/mol. The Kier molecular flexibility index (Phi) is 2.81. The lowest BCUT2D eigenvalue weighted by atomic mass is 9.82. The molecule has 1 saturated carbocycles. The highest BCUT2D eigenvalue weighted by molar-refractivity contribution is 5.66. The fourth-order valence-corrected chi connectivity index (χ4v) is 3.08. The minimum atomic E-state index is -0.0532. The Morgan fingerprint density at radius 3 is 2.67 bits per heavy atom. The van der Waals surface area contributed by atoms with Crippen LogP contribution in [-0.2, 0) is 0 Å². The van der Waals surface area contributed by atoms with E-state index in [0.29, 0.717) is 0 Å². The Labute approximate surface area is 109 Å². The third kappa shape index (κ3) is 1.80. The van der Waals surface area contributed by atoms with Crippen molar-refractivity contribution in [2.24, 2.45) is 0 Å². The van der Waals surface area contributed by atoms with Gasteiger partial charge in [-0.3, -0.25) is 0 Å². The van der Waals surface area contributed by atoms with E-state index in [0.717, 1.165) is 29.9 Å². The van der Waals surface area contributed by atoms with Gasteiger partial charge in [0.05, 0.1) is 7.11 Å². The summed E-state index contributed by atoms with van der Waals surface area (Å²) in [7, 11) is 1.71. The summed E-state index contributed by atoms with van der Waals surface area (Å²) in [5, 5.41) is 0. The molecule has 1 aliphatic heterocycles. The summed E-state index contributed by atoms with van der Waals surface area (Å²) in [4.78, 5) is 0. The monoisotopic (exact) mass is 244 g/mol. The van der Waals surface area contributed by atoms with Crippen LogP contribution in [0.1, 0.15) is 43.2 Å². The van der Waals surface area contributed by atoms with E-state index in [4.69, 9.17) is 9.47 Å². The molecule has 1 fully saturated rings. The van der Waals surface area contributed by atoms with Gasteiger partial charge in [0.1, 0.15) is 17.1 Å². The molecule has 0 radical (unpaired) electrons. The molecule has 0 saturated heterocycles. The fourth-order valence-electron chi connectivity index (χ4n) is 3.08. The molecule has 18 heavy (non-hydrogen) atoms. The van der Waals surface area contributed by atoms with Crippen molar-refractivity contribution in [1.29, 1.82) is 0 Å². The van der Waals surface area contributed by atoms with E-state index in [2.05, 4.69) is 25.1 Å². The second kappa shape index (κ2) is 4.34. The average molecular weight is 244 g/mol. The van der Waals surface area contributed by atoms with Gasteiger partial charge in [-0.05, 0) is 50.8 Å². The number of benzene rings is 1. The van der Waals surface area contributed by atoms with Crippen LogP contribution in [0.2, 0.25) is 0 Å². The molecule has 2 aliphatic rings. The van der Waals surface area contributed by atoms with Crippen LogP contribution in [0.5, 0.6) is 11.5 Å². The maximum atomic E-state index is 6.37. The lowest BCUT2D eigenvalue weighted by Crippen LogP contribution is -2.37. The van der Waals surface area contributed by atoms with Crippen molar-refractivity contribution in [2.75, 3.05) is 7.11 Å². The summed E-state index contributed by atoms with van der Waals surface area (Å²) in [6.45, 7) is 2.08. The van der Waals surface area contributed by atoms with Crippen molar-refractivity contribution in [3.8, 4) is 11.5 Å². The first-order chi connectivity index (χ1) is 8.74. The van der Waals surface area contributed by atoms with Gasteiger partial charge in [0.15, 0.2) is 0 Å². The molecule has 0 bridgehead atoms. The number of fused-ring (bicyclic) bond motifs is 1. The van der Waals surface area contributed by atoms with E-state index in [9.17, 15) is 0 Å². The molecule has 0 unspecified atom stereocenters. The van der Waals surface area contributed by atoms with Crippen molar-refractivity contribution >= 4 is 6.08 Å². The first kappa shape index (κ1) is 11.6. The molecule has 1 aliphatic carbocycles. The van der Waals surface area contributed by atoms with Crippen molar-refractivity contribution in [3.05, 3.63) is 29.3 Å². The summed E-state index contributed by atoms with van der Waals surface area (Å²) in [6, 6.07) is 4.09. The largest absolute Gasteiger partial charge is 0.496 e. The zero-order chi connectivity index (χ0) is 12.6. The Morgan fingerprint density at radius 2 is 1.94 bits per heavy atom. The van der Waals surface area contributed by atoms with Crippen molar-refractivity contribution in [3.63, 3.8) is 0 Å². The molecule has 0 N–H and O–H groups in total. The van der Waals surface area contributed by atoms with E-state index in [1.807, 2.05) is 6.07 Å². The third-order valence-electron chi connectivity index (χ3n) is 4.18. The van der Waals surface area contributed by atoms with Gasteiger partial charge in [-0.25, -0.2) is 0 Å². The molecule has 2 nitrogen and oxygen atoms in total. The SMILES string of the molecule is COc1ccc2c(c1C)OC1(C=C2)CCCCC1. The van der Waals surface area contributed by atoms with Gasteiger partial charge in [-0.15, -0.1) is 0 Å². The molecule has 3 rings (SSSR count). The van der Waals surface area contributed by atoms with Crippen LogP contribution in [-0.4, -0.2) is 12.7 Å². The zero-order valence-corrected chi connectivity index (χ0v) is 11.2. The Balaban J connectivity index is 2.00. The minimum Gasteiger partial charge on any atom is -0.496 e. The molecule has 96 valence electrons. The summed E-state index contributed by atoms with van der Waals surface area (Å²) >= 11 is 0. The molecule has 1 spiro atoms. The second-order valence-corrected chi connectivity index (χ2v) is 5.37. The predicted molar refractivity (Wildman–Crippen MR) is 73.2 cm³/mol. The highest BCUT2D eigenvalue weighted by atomic mass is 16.5. The summed E-state index contributed by atoms with van der Waals surface area (Å²) in [5.74, 6) is 1.92. The predicted octanol–water partition coefficient (Wildman–Crippen LogP) is 4.11. The molecule has 0 aromatic heterocycles. The van der Waals surface area contributed by atoms with E-state index >= 15 is 0 Å². The van der Waals surface area contributed by atoms with Crippen LogP contribution in [0.3, 0.4) is 0 Å². The fraction of sp³-hybridized carbons (Fsp3) is 0.500. The first-order valence-electron chi connectivity index (χ1n) is 6.80. The number of ether oxygens (including phenoxy) is 2. The quantitative estimate of drug-likeness (QED) is 0.740. The first-order valence-corrected chi connectivity index (χ1v) is 6.80. The van der Waals surface area contributed by atoms with Crippen molar-refractivity contribution in [2.45, 2.75) is 44.6 Å². The Hall–Kier alpha value is -1.44. The normalized spacial score (nSPS) is 20.3. The van der Waals surface area contributed by atoms with Crippen LogP contribution >= 0.6 is 0 Å². The molecule has 1 heterocycles. The third-order valence-corrected chi connectivity index (χ3v) is 4.18. The van der Waals surface area contributed by atoms with Crippen LogP contribution in [0.25, 0.3) is 6.08 Å². The minimum absolute atomic E-state index is 0.0532. The van der Waals surface area contributed by atoms with Gasteiger partial charge in [-0.1, -0.05) is 12.5 Å². The standard InChI is InChI=1S/C16H20O2/c1-12-14(17-2)7-6-13-8-11-16(18-15(12)13)9-4-3-5-10-16/h6-8,11H,3-5,9-10H2,1-2H3. The maximum absolute atomic E-state index is 6.37. The molecule has 0 amide bonds. The average Bonchev–Trinajstić information content (AvgIpc) is 2.41. The van der Waals surface area contributed by atoms with Crippen LogP contribution in [0, 0.1) is 6.92 Å². The highest BCUT2D eigenvalue weighted by Gasteiger charge is 2.35. The zero-order valence-electron chi connectivity index (χ0n) is 11.2. The van der Waals surface area contributed by atoms with Gasteiger partial charge in [0.2, 0.25) is 0 Å². The molecule has 1 aromatic carbocycles.